The molecule has 0 radical (unpaired) electrons. The van der Waals surface area contributed by atoms with Crippen LogP contribution in [0.25, 0.3) is 0 Å². The number of benzene rings is 2. The molecule has 2 aliphatic heterocycles. The maximum Gasteiger partial charge on any atom is 0.323 e. The van der Waals surface area contributed by atoms with Crippen LogP contribution >= 0.6 is 0 Å². The smallest absolute Gasteiger partial charge is 0.323 e. The van der Waals surface area contributed by atoms with E-state index in [9.17, 15) is 23.2 Å². The van der Waals surface area contributed by atoms with E-state index in [1.165, 1.54) is 18.1 Å². The summed E-state index contributed by atoms with van der Waals surface area (Å²) < 4.78 is 31.7. The summed E-state index contributed by atoms with van der Waals surface area (Å²) in [7, 11) is 1.49. The van der Waals surface area contributed by atoms with Crippen molar-refractivity contribution >= 4 is 17.8 Å². The summed E-state index contributed by atoms with van der Waals surface area (Å²) in [4.78, 5) is 38.5. The summed E-state index contributed by atoms with van der Waals surface area (Å²) in [6.07, 6.45) is 0. The number of amides is 4. The highest BCUT2D eigenvalue weighted by Gasteiger charge is 2.48. The molecule has 2 aromatic rings. The lowest BCUT2D eigenvalue weighted by Gasteiger charge is -2.26. The molecule has 1 fully saturated rings. The van der Waals surface area contributed by atoms with Crippen molar-refractivity contribution in [2.75, 3.05) is 13.7 Å². The van der Waals surface area contributed by atoms with Crippen molar-refractivity contribution in [1.29, 1.82) is 0 Å². The highest BCUT2D eigenvalue weighted by Crippen LogP contribution is 2.28. The molecule has 152 valence electrons. The second kappa shape index (κ2) is 7.15. The van der Waals surface area contributed by atoms with Crippen LogP contribution in [-0.2, 0) is 11.3 Å². The Labute approximate surface area is 170 Å². The quantitative estimate of drug-likeness (QED) is 0.593. The lowest BCUT2D eigenvalue weighted by atomic mass is 9.99. The van der Waals surface area contributed by atoms with Crippen molar-refractivity contribution in [2.45, 2.75) is 12.1 Å². The standard InChI is InChI=1S/C21H15F2N3O4/c1-30-14-4-3-13-10-26(18(27)15(13)9-14)11-21(19(28)24-20(29)25-21)7-6-12-2-5-16(22)17(23)8-12/h2-5,8-9H,10-11H2,1H3,(H2,24,25,28,29)/t21-/m1/s1. The molecule has 2 aliphatic rings. The van der Waals surface area contributed by atoms with Gasteiger partial charge in [0.25, 0.3) is 11.8 Å². The average Bonchev–Trinajstić information content (AvgIpc) is 3.18. The number of carbonyl (C=O) groups excluding carboxylic acids is 3. The molecule has 7 nitrogen and oxygen atoms in total. The molecule has 2 heterocycles. The maximum absolute atomic E-state index is 13.5. The van der Waals surface area contributed by atoms with Crippen LogP contribution < -0.4 is 15.4 Å². The highest BCUT2D eigenvalue weighted by atomic mass is 19.2. The third kappa shape index (κ3) is 3.33. The van der Waals surface area contributed by atoms with Gasteiger partial charge in [-0.25, -0.2) is 13.6 Å². The molecule has 0 saturated carbocycles. The first-order valence-electron chi connectivity index (χ1n) is 8.89. The van der Waals surface area contributed by atoms with E-state index < -0.39 is 29.1 Å². The van der Waals surface area contributed by atoms with Gasteiger partial charge >= 0.3 is 6.03 Å². The number of rotatable bonds is 3. The lowest BCUT2D eigenvalue weighted by Crippen LogP contribution is -2.54. The minimum Gasteiger partial charge on any atom is -0.497 e. The number of halogens is 2. The van der Waals surface area contributed by atoms with Crippen LogP contribution in [-0.4, -0.2) is 41.9 Å². The summed E-state index contributed by atoms with van der Waals surface area (Å²) in [5, 5.41) is 4.56. The van der Waals surface area contributed by atoms with Gasteiger partial charge < -0.3 is 15.0 Å². The Hall–Kier alpha value is -3.93. The Morgan fingerprint density at radius 3 is 2.60 bits per heavy atom. The molecule has 0 bridgehead atoms. The summed E-state index contributed by atoms with van der Waals surface area (Å²) in [6, 6.07) is 7.35. The van der Waals surface area contributed by atoms with Gasteiger partial charge in [0.2, 0.25) is 5.54 Å². The van der Waals surface area contributed by atoms with Crippen LogP contribution in [0.2, 0.25) is 0 Å². The Balaban J connectivity index is 1.65. The molecular formula is C21H15F2N3O4. The topological polar surface area (TPSA) is 87.7 Å². The van der Waals surface area contributed by atoms with Gasteiger partial charge in [-0.2, -0.15) is 0 Å². The number of methoxy groups -OCH3 is 1. The van der Waals surface area contributed by atoms with Crippen molar-refractivity contribution < 1.29 is 27.9 Å². The summed E-state index contributed by atoms with van der Waals surface area (Å²) >= 11 is 0. The number of nitrogens with zero attached hydrogens (tertiary/aromatic N) is 1. The highest BCUT2D eigenvalue weighted by molar-refractivity contribution is 6.10. The number of hydrogen-bond acceptors (Lipinski definition) is 4. The maximum atomic E-state index is 13.5. The van der Waals surface area contributed by atoms with Crippen molar-refractivity contribution in [2.24, 2.45) is 0 Å². The summed E-state index contributed by atoms with van der Waals surface area (Å²) in [5.41, 5.74) is -0.441. The Kier molecular flexibility index (Phi) is 4.62. The van der Waals surface area contributed by atoms with Crippen molar-refractivity contribution in [3.05, 3.63) is 64.7 Å². The first-order chi connectivity index (χ1) is 14.3. The molecular weight excluding hydrogens is 396 g/mol. The van der Waals surface area contributed by atoms with E-state index in [-0.39, 0.29) is 24.6 Å². The molecule has 1 saturated heterocycles. The minimum atomic E-state index is -1.73. The zero-order valence-electron chi connectivity index (χ0n) is 15.7. The third-order valence-electron chi connectivity index (χ3n) is 4.91. The Morgan fingerprint density at radius 1 is 1.13 bits per heavy atom. The second-order valence-corrected chi connectivity index (χ2v) is 6.88. The molecule has 2 N–H and O–H groups in total. The molecule has 4 rings (SSSR count). The predicted molar refractivity (Wildman–Crippen MR) is 100 cm³/mol. The van der Waals surface area contributed by atoms with Gasteiger partial charge in [-0.15, -0.1) is 0 Å². The molecule has 0 aliphatic carbocycles. The van der Waals surface area contributed by atoms with Gasteiger partial charge in [0.1, 0.15) is 5.75 Å². The summed E-state index contributed by atoms with van der Waals surface area (Å²) in [5.74, 6) is 2.54. The first-order valence-corrected chi connectivity index (χ1v) is 8.89. The predicted octanol–water partition coefficient (Wildman–Crippen LogP) is 1.56. The van der Waals surface area contributed by atoms with E-state index in [0.29, 0.717) is 11.3 Å². The van der Waals surface area contributed by atoms with Gasteiger partial charge in [-0.05, 0) is 35.9 Å². The zero-order chi connectivity index (χ0) is 21.5. The summed E-state index contributed by atoms with van der Waals surface area (Å²) in [6.45, 7) is -0.00695. The molecule has 4 amide bonds. The van der Waals surface area contributed by atoms with Crippen LogP contribution in [0.4, 0.5) is 13.6 Å². The molecule has 9 heteroatoms. The fourth-order valence-corrected chi connectivity index (χ4v) is 3.36. The molecule has 1 atom stereocenters. The fraction of sp³-hybridized carbons (Fsp3) is 0.190. The normalized spacial score (nSPS) is 19.7. The van der Waals surface area contributed by atoms with Gasteiger partial charge in [-0.3, -0.25) is 14.9 Å². The van der Waals surface area contributed by atoms with Crippen LogP contribution in [0, 0.1) is 23.5 Å². The van der Waals surface area contributed by atoms with E-state index in [1.807, 2.05) is 0 Å². The molecule has 0 spiro atoms. The largest absolute Gasteiger partial charge is 0.497 e. The molecule has 30 heavy (non-hydrogen) atoms. The number of ether oxygens (including phenoxy) is 1. The lowest BCUT2D eigenvalue weighted by molar-refractivity contribution is -0.122. The van der Waals surface area contributed by atoms with Gasteiger partial charge in [-0.1, -0.05) is 17.9 Å². The van der Waals surface area contributed by atoms with Crippen LogP contribution in [0.1, 0.15) is 21.5 Å². The number of imide groups is 1. The molecule has 2 aromatic carbocycles. The second-order valence-electron chi connectivity index (χ2n) is 6.88. The van der Waals surface area contributed by atoms with E-state index >= 15 is 0 Å². The van der Waals surface area contributed by atoms with Crippen molar-refractivity contribution in [3.63, 3.8) is 0 Å². The Morgan fingerprint density at radius 2 is 1.93 bits per heavy atom. The van der Waals surface area contributed by atoms with Gasteiger partial charge in [0.15, 0.2) is 11.6 Å². The van der Waals surface area contributed by atoms with Gasteiger partial charge in [0.05, 0.1) is 13.7 Å². The van der Waals surface area contributed by atoms with E-state index in [4.69, 9.17) is 4.74 Å². The zero-order valence-corrected chi connectivity index (χ0v) is 15.7. The van der Waals surface area contributed by atoms with E-state index in [0.717, 1.165) is 17.7 Å². The number of fused-ring (bicyclic) bond motifs is 1. The number of carbonyl (C=O) groups is 3. The number of hydrogen-bond donors (Lipinski definition) is 2. The minimum absolute atomic E-state index is 0.114. The van der Waals surface area contributed by atoms with Crippen LogP contribution in [0.3, 0.4) is 0 Å². The number of urea groups is 1. The number of nitrogens with one attached hydrogen (secondary N) is 2. The molecule has 0 unspecified atom stereocenters. The third-order valence-corrected chi connectivity index (χ3v) is 4.91. The average molecular weight is 411 g/mol. The first kappa shape index (κ1) is 19.4. The molecule has 0 aromatic heterocycles. The van der Waals surface area contributed by atoms with Crippen molar-refractivity contribution in [1.82, 2.24) is 15.5 Å². The monoisotopic (exact) mass is 411 g/mol. The van der Waals surface area contributed by atoms with E-state index in [1.54, 1.807) is 18.2 Å². The van der Waals surface area contributed by atoms with Gasteiger partial charge in [0, 0.05) is 17.7 Å². The van der Waals surface area contributed by atoms with Crippen molar-refractivity contribution in [3.8, 4) is 17.6 Å². The Bertz CT molecular complexity index is 1150. The van der Waals surface area contributed by atoms with E-state index in [2.05, 4.69) is 22.5 Å². The van der Waals surface area contributed by atoms with Crippen LogP contribution in [0.15, 0.2) is 36.4 Å². The SMILES string of the molecule is COc1ccc2c(c1)C(=O)N(C[C@@]1(C#Cc3ccc(F)c(F)c3)NC(=O)NC1=O)C2. The fourth-order valence-electron chi connectivity index (χ4n) is 3.36. The van der Waals surface area contributed by atoms with Crippen LogP contribution in [0.5, 0.6) is 5.75 Å².